The first-order valence-corrected chi connectivity index (χ1v) is 4.97. The molecule has 0 bridgehead atoms. The van der Waals surface area contributed by atoms with Gasteiger partial charge in [0.2, 0.25) is 0 Å². The van der Waals surface area contributed by atoms with Gasteiger partial charge in [-0.1, -0.05) is 17.7 Å². The van der Waals surface area contributed by atoms with Crippen LogP contribution in [0.15, 0.2) is 36.7 Å². The third-order valence-corrected chi connectivity index (χ3v) is 2.51. The Kier molecular flexibility index (Phi) is 2.48. The first-order valence-electron chi connectivity index (χ1n) is 4.97. The van der Waals surface area contributed by atoms with E-state index in [-0.39, 0.29) is 5.82 Å². The zero-order valence-electron chi connectivity index (χ0n) is 9.21. The average molecular weight is 217 g/mol. The van der Waals surface area contributed by atoms with Crippen LogP contribution >= 0.6 is 0 Å². The predicted molar refractivity (Wildman–Crippen MR) is 58.6 cm³/mol. The zero-order chi connectivity index (χ0) is 11.7. The normalized spacial score (nSPS) is 10.4. The minimum atomic E-state index is -0.937. The number of carbonyl (C=O) groups is 1. The number of rotatable bonds is 2. The van der Waals surface area contributed by atoms with Gasteiger partial charge in [0.15, 0.2) is 0 Å². The van der Waals surface area contributed by atoms with Crippen molar-refractivity contribution in [3.63, 3.8) is 0 Å². The number of hydrogen-bond acceptors (Lipinski definition) is 1. The van der Waals surface area contributed by atoms with Crippen molar-refractivity contribution in [3.8, 4) is 5.69 Å². The first kappa shape index (κ1) is 10.4. The van der Waals surface area contributed by atoms with Gasteiger partial charge in [-0.05, 0) is 19.1 Å². The zero-order valence-corrected chi connectivity index (χ0v) is 9.21. The molecule has 4 heteroatoms. The van der Waals surface area contributed by atoms with Crippen LogP contribution in [0.25, 0.3) is 5.69 Å². The molecule has 1 aromatic carbocycles. The summed E-state index contributed by atoms with van der Waals surface area (Å²) in [4.78, 5) is 11.1. The van der Waals surface area contributed by atoms with Gasteiger partial charge in [0, 0.05) is 0 Å². The molecule has 0 radical (unpaired) electrons. The van der Waals surface area contributed by atoms with E-state index in [0.717, 1.165) is 11.3 Å². The largest absolute Gasteiger partial charge is 0.472 e. The van der Waals surface area contributed by atoms with Crippen LogP contribution in [0, 0.1) is 6.92 Å². The van der Waals surface area contributed by atoms with Gasteiger partial charge in [0.1, 0.15) is 18.1 Å². The number of nitrogens with zero attached hydrogens (tertiary/aromatic N) is 2. The minimum Gasteiger partial charge on any atom is -0.472 e. The van der Waals surface area contributed by atoms with Crippen LogP contribution in [0.4, 0.5) is 0 Å². The van der Waals surface area contributed by atoms with E-state index in [2.05, 4.69) is 0 Å². The molecule has 82 valence electrons. The summed E-state index contributed by atoms with van der Waals surface area (Å²) in [5.74, 6) is -0.697. The fraction of sp³-hybridized carbons (Fsp3) is 0.167. The van der Waals surface area contributed by atoms with E-state index >= 15 is 0 Å². The van der Waals surface area contributed by atoms with Gasteiger partial charge >= 0.3 is 11.8 Å². The fourth-order valence-corrected chi connectivity index (χ4v) is 1.65. The van der Waals surface area contributed by atoms with Gasteiger partial charge < -0.3 is 5.11 Å². The quantitative estimate of drug-likeness (QED) is 0.771. The Morgan fingerprint density at radius 1 is 1.31 bits per heavy atom. The number of benzene rings is 1. The standard InChI is InChI=1S/C12H12N2O2/c1-9-3-5-10(6-4-9)14-8-7-13(2)11(14)12(15)16/h3-8H,1-2H3/p+1. The van der Waals surface area contributed by atoms with Crippen LogP contribution in [-0.2, 0) is 7.05 Å². The topological polar surface area (TPSA) is 46.1 Å². The summed E-state index contributed by atoms with van der Waals surface area (Å²) >= 11 is 0. The van der Waals surface area contributed by atoms with Crippen molar-refractivity contribution < 1.29 is 14.5 Å². The van der Waals surface area contributed by atoms with E-state index in [1.54, 1.807) is 28.6 Å². The first-order chi connectivity index (χ1) is 7.59. The fourth-order valence-electron chi connectivity index (χ4n) is 1.65. The predicted octanol–water partition coefficient (Wildman–Crippen LogP) is 1.31. The highest BCUT2D eigenvalue weighted by Gasteiger charge is 2.23. The van der Waals surface area contributed by atoms with Gasteiger partial charge in [-0.25, -0.2) is 9.36 Å². The third kappa shape index (κ3) is 1.69. The highest BCUT2D eigenvalue weighted by molar-refractivity contribution is 5.82. The molecule has 2 aromatic rings. The maximum Gasteiger partial charge on any atom is 0.420 e. The summed E-state index contributed by atoms with van der Waals surface area (Å²) in [5, 5.41) is 9.11. The molecule has 0 saturated carbocycles. The van der Waals surface area contributed by atoms with Gasteiger partial charge in [-0.3, -0.25) is 0 Å². The van der Waals surface area contributed by atoms with E-state index in [4.69, 9.17) is 5.11 Å². The lowest BCUT2D eigenvalue weighted by molar-refractivity contribution is -0.673. The molecular formula is C12H13N2O2+. The second-order valence-electron chi connectivity index (χ2n) is 3.74. The van der Waals surface area contributed by atoms with Crippen molar-refractivity contribution in [3.05, 3.63) is 48.0 Å². The Hall–Kier alpha value is -2.10. The average Bonchev–Trinajstić information content (AvgIpc) is 2.61. The summed E-state index contributed by atoms with van der Waals surface area (Å²) in [6.45, 7) is 2.00. The number of carboxylic acid groups (broad SMARTS) is 1. The van der Waals surface area contributed by atoms with E-state index < -0.39 is 5.97 Å². The van der Waals surface area contributed by atoms with Crippen molar-refractivity contribution in [1.82, 2.24) is 4.57 Å². The number of aryl methyl sites for hydroxylation is 2. The summed E-state index contributed by atoms with van der Waals surface area (Å²) in [5.41, 5.74) is 2.00. The van der Waals surface area contributed by atoms with E-state index in [0.29, 0.717) is 0 Å². The van der Waals surface area contributed by atoms with Crippen molar-refractivity contribution in [2.75, 3.05) is 0 Å². The monoisotopic (exact) mass is 217 g/mol. The van der Waals surface area contributed by atoms with Crippen molar-refractivity contribution in [1.29, 1.82) is 0 Å². The maximum absolute atomic E-state index is 11.1. The Morgan fingerprint density at radius 3 is 2.50 bits per heavy atom. The molecule has 16 heavy (non-hydrogen) atoms. The number of aromatic nitrogens is 2. The molecule has 0 saturated heterocycles. The third-order valence-electron chi connectivity index (χ3n) is 2.51. The highest BCUT2D eigenvalue weighted by atomic mass is 16.4. The summed E-state index contributed by atoms with van der Waals surface area (Å²) < 4.78 is 3.24. The van der Waals surface area contributed by atoms with E-state index in [9.17, 15) is 4.79 Å². The smallest absolute Gasteiger partial charge is 0.420 e. The van der Waals surface area contributed by atoms with Gasteiger partial charge in [-0.15, -0.1) is 0 Å². The molecule has 4 nitrogen and oxygen atoms in total. The molecule has 1 heterocycles. The summed E-state index contributed by atoms with van der Waals surface area (Å²) in [6.07, 6.45) is 3.47. The Bertz CT molecular complexity index is 526. The van der Waals surface area contributed by atoms with Crippen LogP contribution in [0.5, 0.6) is 0 Å². The van der Waals surface area contributed by atoms with E-state index in [1.807, 2.05) is 31.2 Å². The highest BCUT2D eigenvalue weighted by Crippen LogP contribution is 2.10. The van der Waals surface area contributed by atoms with Crippen LogP contribution in [-0.4, -0.2) is 15.6 Å². The molecular weight excluding hydrogens is 204 g/mol. The van der Waals surface area contributed by atoms with Crippen LogP contribution in [0.1, 0.15) is 16.2 Å². The van der Waals surface area contributed by atoms with E-state index in [1.165, 1.54) is 0 Å². The molecule has 2 rings (SSSR count). The molecule has 0 aliphatic heterocycles. The Balaban J connectivity index is 2.56. The number of imidazole rings is 1. The van der Waals surface area contributed by atoms with Crippen molar-refractivity contribution in [2.45, 2.75) is 6.92 Å². The maximum atomic E-state index is 11.1. The van der Waals surface area contributed by atoms with Crippen LogP contribution in [0.2, 0.25) is 0 Å². The van der Waals surface area contributed by atoms with Crippen molar-refractivity contribution >= 4 is 5.97 Å². The number of aromatic carboxylic acids is 1. The molecule has 0 atom stereocenters. The molecule has 0 fully saturated rings. The molecule has 0 spiro atoms. The molecule has 0 amide bonds. The lowest BCUT2D eigenvalue weighted by atomic mass is 10.2. The molecule has 0 unspecified atom stereocenters. The lowest BCUT2D eigenvalue weighted by Crippen LogP contribution is -2.34. The Morgan fingerprint density at radius 2 is 1.94 bits per heavy atom. The second-order valence-corrected chi connectivity index (χ2v) is 3.74. The van der Waals surface area contributed by atoms with Gasteiger partial charge in [0.05, 0.1) is 7.05 Å². The number of carboxylic acids is 1. The Labute approximate surface area is 93.4 Å². The SMILES string of the molecule is Cc1ccc(-n2cc[n+](C)c2C(=O)O)cc1. The molecule has 0 aliphatic rings. The van der Waals surface area contributed by atoms with Gasteiger partial charge in [-0.2, -0.15) is 4.57 Å². The van der Waals surface area contributed by atoms with Gasteiger partial charge in [0.25, 0.3) is 0 Å². The van der Waals surface area contributed by atoms with Crippen LogP contribution < -0.4 is 4.57 Å². The molecule has 1 N–H and O–H groups in total. The van der Waals surface area contributed by atoms with Crippen molar-refractivity contribution in [2.24, 2.45) is 7.05 Å². The van der Waals surface area contributed by atoms with Crippen LogP contribution in [0.3, 0.4) is 0 Å². The lowest BCUT2D eigenvalue weighted by Gasteiger charge is -1.99. The number of hydrogen-bond donors (Lipinski definition) is 1. The summed E-state index contributed by atoms with van der Waals surface area (Å²) in [7, 11) is 1.72. The minimum absolute atomic E-state index is 0.240. The summed E-state index contributed by atoms with van der Waals surface area (Å²) in [6, 6.07) is 7.73. The molecule has 1 aromatic heterocycles. The second kappa shape index (κ2) is 3.81. The molecule has 0 aliphatic carbocycles.